The number of ketones is 2. The minimum absolute atomic E-state index is 0.0386. The number of esters is 1. The number of hydrogen-bond acceptors (Lipinski definition) is 5. The number of ether oxygens (including phenoxy) is 1. The quantitative estimate of drug-likeness (QED) is 0.635. The summed E-state index contributed by atoms with van der Waals surface area (Å²) in [6.07, 6.45) is -0.474. The van der Waals surface area contributed by atoms with Crippen molar-refractivity contribution in [3.05, 3.63) is 75.6 Å². The zero-order valence-electron chi connectivity index (χ0n) is 14.2. The topological polar surface area (TPSA) is 80.7 Å². The van der Waals surface area contributed by atoms with E-state index < -0.39 is 41.5 Å². The average Bonchev–Trinajstić information content (AvgIpc) is 2.66. The standard InChI is InChI=1S/C20H14ClFO5/c1-27-15(23)9-12(16-13(21)7-4-8-14(16)22)17-18(24)10-5-2-3-6-11(10)19(25)20(17)26/h2-8,12,24H,9H2,1H3/t12-/m0/s1. The molecule has 1 aliphatic rings. The van der Waals surface area contributed by atoms with Crippen molar-refractivity contribution in [2.24, 2.45) is 0 Å². The van der Waals surface area contributed by atoms with Crippen LogP contribution in [0.15, 0.2) is 48.0 Å². The molecule has 5 nitrogen and oxygen atoms in total. The van der Waals surface area contributed by atoms with Gasteiger partial charge in [0.05, 0.1) is 19.1 Å². The second-order valence-electron chi connectivity index (χ2n) is 5.93. The highest BCUT2D eigenvalue weighted by Gasteiger charge is 2.39. The van der Waals surface area contributed by atoms with Gasteiger partial charge in [0.15, 0.2) is 0 Å². The van der Waals surface area contributed by atoms with E-state index in [-0.39, 0.29) is 27.3 Å². The summed E-state index contributed by atoms with van der Waals surface area (Å²) in [4.78, 5) is 37.1. The van der Waals surface area contributed by atoms with Gasteiger partial charge >= 0.3 is 5.97 Å². The van der Waals surface area contributed by atoms with Crippen LogP contribution in [0, 0.1) is 5.82 Å². The normalized spacial score (nSPS) is 14.8. The summed E-state index contributed by atoms with van der Waals surface area (Å²) in [5.41, 5.74) is -0.359. The largest absolute Gasteiger partial charge is 0.507 e. The van der Waals surface area contributed by atoms with Crippen molar-refractivity contribution in [1.29, 1.82) is 0 Å². The van der Waals surface area contributed by atoms with Crippen LogP contribution < -0.4 is 0 Å². The predicted molar refractivity (Wildman–Crippen MR) is 96.1 cm³/mol. The van der Waals surface area contributed by atoms with Gasteiger partial charge in [-0.1, -0.05) is 41.9 Å². The number of benzene rings is 2. The van der Waals surface area contributed by atoms with E-state index in [0.717, 1.165) is 13.2 Å². The number of carbonyl (C=O) groups excluding carboxylic acids is 3. The number of Topliss-reactive ketones (excluding diaryl/α,β-unsaturated/α-hetero) is 2. The molecule has 0 saturated heterocycles. The van der Waals surface area contributed by atoms with Crippen LogP contribution in [0.5, 0.6) is 0 Å². The van der Waals surface area contributed by atoms with Crippen LogP contribution in [0.25, 0.3) is 5.76 Å². The lowest BCUT2D eigenvalue weighted by Crippen LogP contribution is -2.29. The maximum absolute atomic E-state index is 14.5. The van der Waals surface area contributed by atoms with Crippen LogP contribution >= 0.6 is 11.6 Å². The highest BCUT2D eigenvalue weighted by Crippen LogP contribution is 2.41. The van der Waals surface area contributed by atoms with E-state index in [2.05, 4.69) is 4.74 Å². The Bertz CT molecular complexity index is 975. The van der Waals surface area contributed by atoms with Crippen LogP contribution in [0.4, 0.5) is 4.39 Å². The molecule has 0 amide bonds. The smallest absolute Gasteiger partial charge is 0.306 e. The van der Waals surface area contributed by atoms with Crippen molar-refractivity contribution >= 4 is 34.9 Å². The van der Waals surface area contributed by atoms with Gasteiger partial charge in [0.2, 0.25) is 11.6 Å². The molecular weight excluding hydrogens is 375 g/mol. The molecule has 0 fully saturated rings. The first kappa shape index (κ1) is 18.8. The predicted octanol–water partition coefficient (Wildman–Crippen LogP) is 3.86. The van der Waals surface area contributed by atoms with Crippen LogP contribution in [0.3, 0.4) is 0 Å². The van der Waals surface area contributed by atoms with Gasteiger partial charge in [-0.15, -0.1) is 0 Å². The van der Waals surface area contributed by atoms with E-state index in [0.29, 0.717) is 0 Å². The molecule has 0 radical (unpaired) electrons. The van der Waals surface area contributed by atoms with Gasteiger partial charge in [-0.05, 0) is 12.1 Å². The molecule has 2 aromatic carbocycles. The number of methoxy groups -OCH3 is 1. The molecule has 0 aliphatic heterocycles. The van der Waals surface area contributed by atoms with E-state index in [1.807, 2.05) is 0 Å². The van der Waals surface area contributed by atoms with Gasteiger partial charge in [0, 0.05) is 27.6 Å². The summed E-state index contributed by atoms with van der Waals surface area (Å²) >= 11 is 6.11. The molecule has 2 aromatic rings. The molecule has 3 rings (SSSR count). The second-order valence-corrected chi connectivity index (χ2v) is 6.34. The molecule has 1 aliphatic carbocycles. The van der Waals surface area contributed by atoms with E-state index >= 15 is 0 Å². The van der Waals surface area contributed by atoms with E-state index in [1.165, 1.54) is 24.3 Å². The molecule has 0 unspecified atom stereocenters. The van der Waals surface area contributed by atoms with Crippen molar-refractivity contribution < 1.29 is 28.6 Å². The number of carbonyl (C=O) groups is 3. The molecule has 0 bridgehead atoms. The molecule has 0 aromatic heterocycles. The molecule has 27 heavy (non-hydrogen) atoms. The van der Waals surface area contributed by atoms with Crippen molar-refractivity contribution in [2.45, 2.75) is 12.3 Å². The number of allylic oxidation sites excluding steroid dienone is 1. The summed E-state index contributed by atoms with van der Waals surface area (Å²) in [7, 11) is 1.14. The number of rotatable bonds is 4. The summed E-state index contributed by atoms with van der Waals surface area (Å²) in [5, 5.41) is 10.7. The van der Waals surface area contributed by atoms with Gasteiger partial charge in [-0.3, -0.25) is 14.4 Å². The summed E-state index contributed by atoms with van der Waals surface area (Å²) < 4.78 is 19.2. The van der Waals surface area contributed by atoms with Gasteiger partial charge in [-0.2, -0.15) is 0 Å². The van der Waals surface area contributed by atoms with E-state index in [1.54, 1.807) is 12.1 Å². The molecule has 0 saturated carbocycles. The monoisotopic (exact) mass is 388 g/mol. The van der Waals surface area contributed by atoms with Crippen molar-refractivity contribution in [3.63, 3.8) is 0 Å². The Morgan fingerprint density at radius 2 is 1.78 bits per heavy atom. The summed E-state index contributed by atoms with van der Waals surface area (Å²) in [5.74, 6) is -5.14. The first-order chi connectivity index (χ1) is 12.9. The first-order valence-electron chi connectivity index (χ1n) is 7.99. The maximum Gasteiger partial charge on any atom is 0.306 e. The molecule has 7 heteroatoms. The van der Waals surface area contributed by atoms with Crippen LogP contribution in [0.1, 0.15) is 33.8 Å². The summed E-state index contributed by atoms with van der Waals surface area (Å²) in [6, 6.07) is 9.90. The fraction of sp³-hybridized carbons (Fsp3) is 0.150. The molecule has 0 heterocycles. The third-order valence-electron chi connectivity index (χ3n) is 4.43. The van der Waals surface area contributed by atoms with Crippen LogP contribution in [0.2, 0.25) is 5.02 Å². The lowest BCUT2D eigenvalue weighted by atomic mass is 9.78. The number of aliphatic hydroxyl groups excluding tert-OH is 1. The highest BCUT2D eigenvalue weighted by molar-refractivity contribution is 6.52. The lowest BCUT2D eigenvalue weighted by Gasteiger charge is -2.25. The molecule has 1 N–H and O–H groups in total. The SMILES string of the molecule is COC(=O)C[C@H](C1=C(O)c2ccccc2C(=O)C1=O)c1c(F)cccc1Cl. The van der Waals surface area contributed by atoms with Crippen molar-refractivity contribution in [3.8, 4) is 0 Å². The summed E-state index contributed by atoms with van der Waals surface area (Å²) in [6.45, 7) is 0. The number of hydrogen-bond donors (Lipinski definition) is 1. The Morgan fingerprint density at radius 3 is 2.41 bits per heavy atom. The van der Waals surface area contributed by atoms with E-state index in [9.17, 15) is 23.9 Å². The van der Waals surface area contributed by atoms with Gasteiger partial charge in [0.1, 0.15) is 11.6 Å². The first-order valence-corrected chi connectivity index (χ1v) is 8.36. The van der Waals surface area contributed by atoms with Crippen LogP contribution in [-0.4, -0.2) is 29.8 Å². The zero-order chi connectivity index (χ0) is 19.7. The highest BCUT2D eigenvalue weighted by atomic mass is 35.5. The Balaban J connectivity index is 2.28. The average molecular weight is 389 g/mol. The second kappa shape index (κ2) is 7.32. The van der Waals surface area contributed by atoms with Crippen molar-refractivity contribution in [1.82, 2.24) is 0 Å². The zero-order valence-corrected chi connectivity index (χ0v) is 14.9. The number of halogens is 2. The minimum Gasteiger partial charge on any atom is -0.507 e. The van der Waals surface area contributed by atoms with E-state index in [4.69, 9.17) is 11.6 Å². The maximum atomic E-state index is 14.5. The van der Waals surface area contributed by atoms with Crippen molar-refractivity contribution in [2.75, 3.05) is 7.11 Å². The minimum atomic E-state index is -1.28. The fourth-order valence-electron chi connectivity index (χ4n) is 3.15. The van der Waals surface area contributed by atoms with Gasteiger partial charge < -0.3 is 9.84 Å². The Morgan fingerprint density at radius 1 is 1.11 bits per heavy atom. The van der Waals surface area contributed by atoms with Crippen LogP contribution in [-0.2, 0) is 14.3 Å². The number of fused-ring (bicyclic) bond motifs is 1. The number of aliphatic hydroxyl groups is 1. The third kappa shape index (κ3) is 3.24. The Hall–Kier alpha value is -2.99. The molecule has 1 atom stereocenters. The molecule has 138 valence electrons. The third-order valence-corrected chi connectivity index (χ3v) is 4.76. The molecular formula is C20H14ClFO5. The Labute approximate surface area is 159 Å². The van der Waals surface area contributed by atoms with Gasteiger partial charge in [0.25, 0.3) is 0 Å². The fourth-order valence-corrected chi connectivity index (χ4v) is 3.44. The van der Waals surface area contributed by atoms with Gasteiger partial charge in [-0.25, -0.2) is 4.39 Å². The Kier molecular flexibility index (Phi) is 5.10. The molecule has 0 spiro atoms. The lowest BCUT2D eigenvalue weighted by molar-refractivity contribution is -0.140.